The zero-order chi connectivity index (χ0) is 13.8. The second kappa shape index (κ2) is 5.68. The molecule has 0 amide bonds. The van der Waals surface area contributed by atoms with Gasteiger partial charge in [0.05, 0.1) is 18.1 Å². The van der Waals surface area contributed by atoms with Gasteiger partial charge in [0.1, 0.15) is 0 Å². The summed E-state index contributed by atoms with van der Waals surface area (Å²) in [6.45, 7) is 0. The van der Waals surface area contributed by atoms with Crippen LogP contribution in [0.1, 0.15) is 48.8 Å². The fraction of sp³-hybridized carbons (Fsp3) is 0.333. The van der Waals surface area contributed by atoms with E-state index >= 15 is 0 Å². The highest BCUT2D eigenvalue weighted by molar-refractivity contribution is 5.71. The van der Waals surface area contributed by atoms with Gasteiger partial charge in [-0.2, -0.15) is 0 Å². The molecule has 1 aliphatic rings. The van der Waals surface area contributed by atoms with Crippen LogP contribution < -0.4 is 0 Å². The Morgan fingerprint density at radius 2 is 1.70 bits per heavy atom. The van der Waals surface area contributed by atoms with Gasteiger partial charge in [-0.3, -0.25) is 0 Å². The lowest BCUT2D eigenvalue weighted by Crippen LogP contribution is -2.28. The summed E-state index contributed by atoms with van der Waals surface area (Å²) in [6.07, 6.45) is 12.6. The third kappa shape index (κ3) is 2.70. The summed E-state index contributed by atoms with van der Waals surface area (Å²) in [7, 11) is 0. The Balaban J connectivity index is 1.85. The van der Waals surface area contributed by atoms with Gasteiger partial charge in [0.25, 0.3) is 0 Å². The van der Waals surface area contributed by atoms with Crippen molar-refractivity contribution in [2.75, 3.05) is 0 Å². The van der Waals surface area contributed by atoms with Gasteiger partial charge in [-0.25, -0.2) is 0 Å². The van der Waals surface area contributed by atoms with Crippen LogP contribution in [0.2, 0.25) is 0 Å². The standard InChI is InChI=1S/C18H20O2/c19-18(11-5-2-6-12-18)17-14-20-13-16(17)10-9-15-7-3-1-4-8-15/h1,3-4,7-10,13-14,19H,2,5-6,11-12H2/b10-9+. The minimum Gasteiger partial charge on any atom is -0.472 e. The maximum absolute atomic E-state index is 10.8. The van der Waals surface area contributed by atoms with Crippen LogP contribution in [0.3, 0.4) is 0 Å². The molecule has 1 heterocycles. The quantitative estimate of drug-likeness (QED) is 0.882. The van der Waals surface area contributed by atoms with Crippen molar-refractivity contribution in [3.8, 4) is 0 Å². The average Bonchev–Trinajstić information content (AvgIpc) is 2.96. The summed E-state index contributed by atoms with van der Waals surface area (Å²) in [5.74, 6) is 0. The number of aliphatic hydroxyl groups is 1. The van der Waals surface area contributed by atoms with Gasteiger partial charge in [0.2, 0.25) is 0 Å². The SMILES string of the molecule is OC1(c2cocc2/C=C/c2ccccc2)CCCCC1. The first-order chi connectivity index (χ1) is 9.78. The van der Waals surface area contributed by atoms with E-state index < -0.39 is 5.60 Å². The Hall–Kier alpha value is -1.80. The molecule has 2 nitrogen and oxygen atoms in total. The Kier molecular flexibility index (Phi) is 3.75. The first-order valence-corrected chi connectivity index (χ1v) is 7.30. The first-order valence-electron chi connectivity index (χ1n) is 7.30. The molecule has 0 unspecified atom stereocenters. The molecular formula is C18H20O2. The number of hydrogen-bond donors (Lipinski definition) is 1. The summed E-state index contributed by atoms with van der Waals surface area (Å²) in [5.41, 5.74) is 2.36. The molecule has 0 spiro atoms. The van der Waals surface area contributed by atoms with E-state index in [1.165, 1.54) is 6.42 Å². The molecule has 0 saturated heterocycles. The molecule has 2 heteroatoms. The molecule has 0 atom stereocenters. The van der Waals surface area contributed by atoms with Gasteiger partial charge in [0, 0.05) is 11.1 Å². The van der Waals surface area contributed by atoms with Gasteiger partial charge < -0.3 is 9.52 Å². The molecule has 0 aliphatic heterocycles. The highest BCUT2D eigenvalue weighted by Gasteiger charge is 2.33. The third-order valence-electron chi connectivity index (χ3n) is 4.13. The molecule has 2 aromatic rings. The molecule has 1 N–H and O–H groups in total. The Morgan fingerprint density at radius 1 is 0.950 bits per heavy atom. The molecule has 0 radical (unpaired) electrons. The van der Waals surface area contributed by atoms with E-state index in [-0.39, 0.29) is 0 Å². The van der Waals surface area contributed by atoms with Crippen molar-refractivity contribution in [2.45, 2.75) is 37.7 Å². The molecule has 1 aromatic heterocycles. The minimum absolute atomic E-state index is 0.707. The third-order valence-corrected chi connectivity index (χ3v) is 4.13. The second-order valence-electron chi connectivity index (χ2n) is 5.58. The maximum atomic E-state index is 10.8. The van der Waals surface area contributed by atoms with E-state index in [0.717, 1.165) is 42.4 Å². The first kappa shape index (κ1) is 13.2. The molecule has 104 valence electrons. The highest BCUT2D eigenvalue weighted by Crippen LogP contribution is 2.39. The van der Waals surface area contributed by atoms with Crippen molar-refractivity contribution in [1.29, 1.82) is 0 Å². The number of benzene rings is 1. The molecule has 1 aromatic carbocycles. The largest absolute Gasteiger partial charge is 0.472 e. The second-order valence-corrected chi connectivity index (χ2v) is 5.58. The van der Waals surface area contributed by atoms with Gasteiger partial charge in [-0.05, 0) is 18.4 Å². The van der Waals surface area contributed by atoms with E-state index in [0.29, 0.717) is 0 Å². The smallest absolute Gasteiger partial charge is 0.0978 e. The van der Waals surface area contributed by atoms with E-state index in [4.69, 9.17) is 4.42 Å². The lowest BCUT2D eigenvalue weighted by atomic mass is 9.79. The molecule has 1 aliphatic carbocycles. The van der Waals surface area contributed by atoms with Crippen LogP contribution >= 0.6 is 0 Å². The summed E-state index contributed by atoms with van der Waals surface area (Å²) in [6, 6.07) is 10.2. The van der Waals surface area contributed by atoms with Gasteiger partial charge in [-0.1, -0.05) is 61.7 Å². The van der Waals surface area contributed by atoms with Crippen LogP contribution in [-0.4, -0.2) is 5.11 Å². The summed E-state index contributed by atoms with van der Waals surface area (Å²) in [4.78, 5) is 0. The van der Waals surface area contributed by atoms with E-state index in [9.17, 15) is 5.11 Å². The van der Waals surface area contributed by atoms with E-state index in [1.54, 1.807) is 12.5 Å². The predicted molar refractivity (Wildman–Crippen MR) is 81.1 cm³/mol. The lowest BCUT2D eigenvalue weighted by molar-refractivity contribution is -0.00125. The monoisotopic (exact) mass is 268 g/mol. The van der Waals surface area contributed by atoms with Crippen molar-refractivity contribution in [3.05, 3.63) is 59.5 Å². The van der Waals surface area contributed by atoms with Crippen LogP contribution in [0.15, 0.2) is 47.3 Å². The molecule has 0 bridgehead atoms. The van der Waals surface area contributed by atoms with Crippen LogP contribution in [0, 0.1) is 0 Å². The van der Waals surface area contributed by atoms with Gasteiger partial charge in [-0.15, -0.1) is 0 Å². The van der Waals surface area contributed by atoms with Crippen molar-refractivity contribution >= 4 is 12.2 Å². The summed E-state index contributed by atoms with van der Waals surface area (Å²) >= 11 is 0. The molecule has 1 saturated carbocycles. The summed E-state index contributed by atoms with van der Waals surface area (Å²) < 4.78 is 5.34. The number of furan rings is 1. The average molecular weight is 268 g/mol. The Morgan fingerprint density at radius 3 is 2.45 bits per heavy atom. The van der Waals surface area contributed by atoms with Crippen LogP contribution in [0.25, 0.3) is 12.2 Å². The van der Waals surface area contributed by atoms with Crippen molar-refractivity contribution in [1.82, 2.24) is 0 Å². The van der Waals surface area contributed by atoms with E-state index in [2.05, 4.69) is 18.2 Å². The zero-order valence-corrected chi connectivity index (χ0v) is 11.6. The van der Waals surface area contributed by atoms with Crippen molar-refractivity contribution in [2.24, 2.45) is 0 Å². The molecule has 20 heavy (non-hydrogen) atoms. The normalized spacial score (nSPS) is 18.4. The van der Waals surface area contributed by atoms with Crippen LogP contribution in [0.4, 0.5) is 0 Å². The molecular weight excluding hydrogens is 248 g/mol. The van der Waals surface area contributed by atoms with Gasteiger partial charge in [0.15, 0.2) is 0 Å². The van der Waals surface area contributed by atoms with E-state index in [1.807, 2.05) is 24.3 Å². The highest BCUT2D eigenvalue weighted by atomic mass is 16.3. The topological polar surface area (TPSA) is 33.4 Å². The Bertz CT molecular complexity index is 574. The maximum Gasteiger partial charge on any atom is 0.0978 e. The lowest BCUT2D eigenvalue weighted by Gasteiger charge is -2.31. The number of rotatable bonds is 3. The fourth-order valence-electron chi connectivity index (χ4n) is 2.97. The van der Waals surface area contributed by atoms with Crippen molar-refractivity contribution in [3.63, 3.8) is 0 Å². The number of hydrogen-bond acceptors (Lipinski definition) is 2. The van der Waals surface area contributed by atoms with Crippen molar-refractivity contribution < 1.29 is 9.52 Å². The van der Waals surface area contributed by atoms with Gasteiger partial charge >= 0.3 is 0 Å². The van der Waals surface area contributed by atoms with Crippen LogP contribution in [-0.2, 0) is 5.60 Å². The zero-order valence-electron chi connectivity index (χ0n) is 11.6. The minimum atomic E-state index is -0.707. The predicted octanol–water partition coefficient (Wildman–Crippen LogP) is 4.60. The van der Waals surface area contributed by atoms with Crippen LogP contribution in [0.5, 0.6) is 0 Å². The fourth-order valence-corrected chi connectivity index (χ4v) is 2.97. The molecule has 3 rings (SSSR count). The molecule has 1 fully saturated rings. The Labute approximate surface area is 119 Å². The summed E-state index contributed by atoms with van der Waals surface area (Å²) in [5, 5.41) is 10.8.